The molecule has 0 aliphatic carbocycles. The number of carbonyl (C=O) groups excluding carboxylic acids is 2. The van der Waals surface area contributed by atoms with Crippen LogP contribution in [-0.2, 0) is 17.6 Å². The van der Waals surface area contributed by atoms with E-state index in [2.05, 4.69) is 15.4 Å². The molecule has 1 fully saturated rings. The van der Waals surface area contributed by atoms with Crippen LogP contribution in [-0.4, -0.2) is 73.5 Å². The zero-order valence-corrected chi connectivity index (χ0v) is 21.0. The molecule has 0 bridgehead atoms. The monoisotopic (exact) mass is 594 g/mol. The number of rotatable bonds is 6. The SMILES string of the molecule is CCC(O)(C(=O)N1C[C@H](F)[C@H](NC(=O)c2cc(-c3cc(C(F)(F)F)c4c(N)ncnn34)ccc2CF)C1)C(F)(F)F. The van der Waals surface area contributed by atoms with Gasteiger partial charge < -0.3 is 21.1 Å². The summed E-state index contributed by atoms with van der Waals surface area (Å²) in [4.78, 5) is 29.5. The highest BCUT2D eigenvalue weighted by Gasteiger charge is 2.60. The lowest BCUT2D eigenvalue weighted by Gasteiger charge is -2.31. The van der Waals surface area contributed by atoms with E-state index in [1.165, 1.54) is 6.07 Å². The van der Waals surface area contributed by atoms with Crippen molar-refractivity contribution in [2.75, 3.05) is 18.8 Å². The van der Waals surface area contributed by atoms with Crippen LogP contribution in [0.2, 0.25) is 0 Å². The van der Waals surface area contributed by atoms with Crippen LogP contribution in [0.4, 0.5) is 40.9 Å². The van der Waals surface area contributed by atoms with Crippen molar-refractivity contribution in [3.05, 3.63) is 47.3 Å². The first-order valence-corrected chi connectivity index (χ1v) is 12.0. The van der Waals surface area contributed by atoms with Crippen molar-refractivity contribution in [3.8, 4) is 11.3 Å². The van der Waals surface area contributed by atoms with Crippen molar-refractivity contribution < 1.29 is 49.8 Å². The molecule has 4 N–H and O–H groups in total. The zero-order chi connectivity index (χ0) is 30.5. The zero-order valence-electron chi connectivity index (χ0n) is 21.0. The van der Waals surface area contributed by atoms with E-state index in [1.54, 1.807) is 0 Å². The lowest BCUT2D eigenvalue weighted by molar-refractivity contribution is -0.256. The first kappa shape index (κ1) is 30.0. The van der Waals surface area contributed by atoms with Gasteiger partial charge in [0, 0.05) is 17.7 Å². The fraction of sp³-hybridized carbons (Fsp3) is 0.417. The van der Waals surface area contributed by atoms with Crippen LogP contribution in [0, 0.1) is 0 Å². The quantitative estimate of drug-likeness (QED) is 0.376. The molecule has 1 unspecified atom stereocenters. The minimum absolute atomic E-state index is 0.0332. The molecule has 2 aromatic heterocycles. The molecular weight excluding hydrogens is 572 g/mol. The summed E-state index contributed by atoms with van der Waals surface area (Å²) in [5.41, 5.74) is -0.709. The predicted molar refractivity (Wildman–Crippen MR) is 127 cm³/mol. The Kier molecular flexibility index (Phi) is 7.62. The van der Waals surface area contributed by atoms with E-state index in [-0.39, 0.29) is 16.8 Å². The molecular formula is C24H22F8N6O3. The third kappa shape index (κ3) is 5.25. The van der Waals surface area contributed by atoms with Gasteiger partial charge in [-0.05, 0) is 24.1 Å². The number of hydrogen-bond acceptors (Lipinski definition) is 6. The fourth-order valence-electron chi connectivity index (χ4n) is 4.60. The van der Waals surface area contributed by atoms with Gasteiger partial charge in [-0.2, -0.15) is 31.4 Å². The largest absolute Gasteiger partial charge is 0.426 e. The Morgan fingerprint density at radius 2 is 1.83 bits per heavy atom. The number of amides is 2. The van der Waals surface area contributed by atoms with Crippen LogP contribution in [0.25, 0.3) is 16.8 Å². The number of halogens is 8. The molecule has 2 amide bonds. The summed E-state index contributed by atoms with van der Waals surface area (Å²) in [7, 11) is 0. The average Bonchev–Trinajstić information content (AvgIpc) is 3.48. The lowest BCUT2D eigenvalue weighted by atomic mass is 9.98. The maximum absolute atomic E-state index is 14.7. The Hall–Kier alpha value is -4.02. The van der Waals surface area contributed by atoms with Crippen LogP contribution < -0.4 is 11.1 Å². The first-order chi connectivity index (χ1) is 19.0. The van der Waals surface area contributed by atoms with Gasteiger partial charge in [0.05, 0.1) is 23.8 Å². The number of nitrogens with two attached hydrogens (primary N) is 1. The smallest absolute Gasteiger partial charge is 0.382 e. The maximum atomic E-state index is 14.7. The van der Waals surface area contributed by atoms with Crippen LogP contribution >= 0.6 is 0 Å². The molecule has 1 aromatic carbocycles. The Bertz CT molecular complexity index is 1490. The van der Waals surface area contributed by atoms with E-state index in [1.807, 2.05) is 0 Å². The third-order valence-electron chi connectivity index (χ3n) is 6.87. The second kappa shape index (κ2) is 10.4. The number of carbonyl (C=O) groups is 2. The first-order valence-electron chi connectivity index (χ1n) is 12.0. The van der Waals surface area contributed by atoms with E-state index in [9.17, 15) is 49.8 Å². The van der Waals surface area contributed by atoms with Crippen molar-refractivity contribution >= 4 is 23.1 Å². The Morgan fingerprint density at radius 1 is 1.15 bits per heavy atom. The summed E-state index contributed by atoms with van der Waals surface area (Å²) >= 11 is 0. The van der Waals surface area contributed by atoms with E-state index in [0.29, 0.717) is 11.0 Å². The molecule has 0 radical (unpaired) electrons. The predicted octanol–water partition coefficient (Wildman–Crippen LogP) is 3.45. The molecule has 1 saturated heterocycles. The van der Waals surface area contributed by atoms with Crippen molar-refractivity contribution in [1.29, 1.82) is 0 Å². The van der Waals surface area contributed by atoms with Gasteiger partial charge in [0.1, 0.15) is 24.7 Å². The molecule has 9 nitrogen and oxygen atoms in total. The van der Waals surface area contributed by atoms with E-state index < -0.39 is 90.6 Å². The van der Waals surface area contributed by atoms with Gasteiger partial charge in [-0.1, -0.05) is 19.1 Å². The van der Waals surface area contributed by atoms with Crippen molar-refractivity contribution in [2.45, 2.75) is 50.2 Å². The number of nitrogens with zero attached hydrogens (tertiary/aromatic N) is 4. The Balaban J connectivity index is 1.65. The molecule has 41 heavy (non-hydrogen) atoms. The highest BCUT2D eigenvalue weighted by molar-refractivity contribution is 5.97. The van der Waals surface area contributed by atoms with Gasteiger partial charge in [-0.25, -0.2) is 18.3 Å². The van der Waals surface area contributed by atoms with Crippen molar-refractivity contribution in [3.63, 3.8) is 0 Å². The average molecular weight is 594 g/mol. The summed E-state index contributed by atoms with van der Waals surface area (Å²) in [5, 5.41) is 15.9. The van der Waals surface area contributed by atoms with Crippen molar-refractivity contribution in [2.24, 2.45) is 0 Å². The van der Waals surface area contributed by atoms with E-state index >= 15 is 0 Å². The standard InChI is InChI=1S/C24H22F8N6O3/c1-2-22(41,24(30,31)32)21(40)37-8-15(26)16(9-37)36-20(39)13-5-11(3-4-12(13)7-25)17-6-14(23(27,28)29)18-19(33)34-10-35-38(17)18/h3-6,10,15-16,41H,2,7-9H2,1H3,(H,36,39)(H2,33,34,35)/t15-,16+,22?/m0/s1. The summed E-state index contributed by atoms with van der Waals surface area (Å²) in [5.74, 6) is -3.37. The van der Waals surface area contributed by atoms with Crippen LogP contribution in [0.1, 0.15) is 34.8 Å². The molecule has 3 atom stereocenters. The van der Waals surface area contributed by atoms with Crippen LogP contribution in [0.5, 0.6) is 0 Å². The number of alkyl halides is 8. The van der Waals surface area contributed by atoms with Gasteiger partial charge in [0.15, 0.2) is 5.82 Å². The lowest BCUT2D eigenvalue weighted by Crippen LogP contribution is -2.57. The van der Waals surface area contributed by atoms with Crippen LogP contribution in [0.3, 0.4) is 0 Å². The molecule has 3 heterocycles. The molecule has 0 saturated carbocycles. The third-order valence-corrected chi connectivity index (χ3v) is 6.87. The number of hydrogen-bond donors (Lipinski definition) is 3. The van der Waals surface area contributed by atoms with Gasteiger partial charge >= 0.3 is 12.4 Å². The number of likely N-dealkylation sites (tertiary alicyclic amines) is 1. The maximum Gasteiger partial charge on any atom is 0.426 e. The number of aromatic nitrogens is 3. The molecule has 222 valence electrons. The molecule has 17 heteroatoms. The topological polar surface area (TPSA) is 126 Å². The molecule has 0 spiro atoms. The van der Waals surface area contributed by atoms with Crippen LogP contribution in [0.15, 0.2) is 30.6 Å². The molecule has 3 aromatic rings. The fourth-order valence-corrected chi connectivity index (χ4v) is 4.60. The minimum Gasteiger partial charge on any atom is -0.382 e. The number of fused-ring (bicyclic) bond motifs is 1. The van der Waals surface area contributed by atoms with Gasteiger partial charge in [-0.15, -0.1) is 0 Å². The highest BCUT2D eigenvalue weighted by Crippen LogP contribution is 2.39. The number of nitrogens with one attached hydrogen (secondary N) is 1. The normalized spacial score (nSPS) is 19.4. The Labute approximate surface area is 225 Å². The van der Waals surface area contributed by atoms with Crippen molar-refractivity contribution in [1.82, 2.24) is 24.8 Å². The molecule has 1 aliphatic heterocycles. The number of nitrogen functional groups attached to an aromatic ring is 1. The number of benzene rings is 1. The number of aliphatic hydroxyl groups is 1. The van der Waals surface area contributed by atoms with Gasteiger partial charge in [0.2, 0.25) is 5.60 Å². The number of anilines is 1. The molecule has 1 aliphatic rings. The minimum atomic E-state index is -5.34. The van der Waals surface area contributed by atoms with E-state index in [0.717, 1.165) is 29.9 Å². The Morgan fingerprint density at radius 3 is 2.41 bits per heavy atom. The summed E-state index contributed by atoms with van der Waals surface area (Å²) in [6, 6.07) is 2.55. The summed E-state index contributed by atoms with van der Waals surface area (Å²) in [6.07, 6.45) is -12.4. The van der Waals surface area contributed by atoms with Gasteiger partial charge in [0.25, 0.3) is 11.8 Å². The second-order valence-corrected chi connectivity index (χ2v) is 9.37. The summed E-state index contributed by atoms with van der Waals surface area (Å²) < 4.78 is 110. The van der Waals surface area contributed by atoms with Gasteiger partial charge in [-0.3, -0.25) is 9.59 Å². The van der Waals surface area contributed by atoms with E-state index in [4.69, 9.17) is 5.73 Å². The summed E-state index contributed by atoms with van der Waals surface area (Å²) in [6.45, 7) is -1.88. The second-order valence-electron chi connectivity index (χ2n) is 9.37. The highest BCUT2D eigenvalue weighted by atomic mass is 19.4. The molecule has 4 rings (SSSR count).